The summed E-state index contributed by atoms with van der Waals surface area (Å²) in [5.74, 6) is 1.84. The molecule has 3 nitrogen and oxygen atoms in total. The molecule has 1 amide bonds. The molecule has 2 aliphatic carbocycles. The van der Waals surface area contributed by atoms with Gasteiger partial charge in [-0.3, -0.25) is 4.79 Å². The first-order chi connectivity index (χ1) is 8.66. The molecule has 2 atom stereocenters. The van der Waals surface area contributed by atoms with Gasteiger partial charge in [-0.15, -0.1) is 0 Å². The van der Waals surface area contributed by atoms with Crippen LogP contribution in [0.1, 0.15) is 31.2 Å². The minimum atomic E-state index is 0.134. The van der Waals surface area contributed by atoms with Gasteiger partial charge in [0.25, 0.3) is 0 Å². The Kier molecular flexibility index (Phi) is 2.77. The Morgan fingerprint density at radius 1 is 1.28 bits per heavy atom. The smallest absolute Gasteiger partial charge is 0.228 e. The standard InChI is InChI=1S/C15H19NO2/c1-9-6-7-10(8-13(9)17)16-15(18)14-11-4-2-3-5-12(11)14/h6-8,11-12,14,17H,2-5H2,1H3,(H,16,18). The zero-order valence-corrected chi connectivity index (χ0v) is 10.6. The van der Waals surface area contributed by atoms with Crippen molar-refractivity contribution in [3.8, 4) is 5.75 Å². The lowest BCUT2D eigenvalue weighted by atomic mass is 10.0. The van der Waals surface area contributed by atoms with E-state index in [0.717, 1.165) is 5.56 Å². The average molecular weight is 245 g/mol. The number of nitrogens with one attached hydrogen (secondary N) is 1. The van der Waals surface area contributed by atoms with Crippen LogP contribution in [0.5, 0.6) is 5.75 Å². The second-order valence-corrected chi connectivity index (χ2v) is 5.63. The molecule has 0 saturated heterocycles. The molecule has 2 aliphatic rings. The Labute approximate surface area is 107 Å². The summed E-state index contributed by atoms with van der Waals surface area (Å²) in [4.78, 5) is 12.1. The van der Waals surface area contributed by atoms with Crippen LogP contribution in [-0.4, -0.2) is 11.0 Å². The number of hydrogen-bond donors (Lipinski definition) is 2. The van der Waals surface area contributed by atoms with Gasteiger partial charge >= 0.3 is 0 Å². The van der Waals surface area contributed by atoms with Crippen molar-refractivity contribution >= 4 is 11.6 Å². The summed E-state index contributed by atoms with van der Waals surface area (Å²) in [5, 5.41) is 12.6. The zero-order chi connectivity index (χ0) is 12.7. The number of hydrogen-bond acceptors (Lipinski definition) is 2. The van der Waals surface area contributed by atoms with E-state index in [1.807, 2.05) is 19.1 Å². The first-order valence-corrected chi connectivity index (χ1v) is 6.77. The first kappa shape index (κ1) is 11.6. The fourth-order valence-electron chi connectivity index (χ4n) is 3.29. The number of anilines is 1. The number of phenolic OH excluding ortho intramolecular Hbond substituents is 1. The van der Waals surface area contributed by atoms with E-state index in [4.69, 9.17) is 0 Å². The van der Waals surface area contributed by atoms with Crippen LogP contribution in [0, 0.1) is 24.7 Å². The van der Waals surface area contributed by atoms with Crippen LogP contribution in [0.15, 0.2) is 18.2 Å². The van der Waals surface area contributed by atoms with Crippen LogP contribution in [0.2, 0.25) is 0 Å². The van der Waals surface area contributed by atoms with Gasteiger partial charge in [-0.05, 0) is 43.2 Å². The third kappa shape index (κ3) is 1.98. The van der Waals surface area contributed by atoms with Crippen molar-refractivity contribution in [2.45, 2.75) is 32.6 Å². The van der Waals surface area contributed by atoms with Gasteiger partial charge in [0.2, 0.25) is 5.91 Å². The molecule has 0 spiro atoms. The Bertz CT molecular complexity index is 471. The molecule has 2 fully saturated rings. The van der Waals surface area contributed by atoms with Crippen LogP contribution in [-0.2, 0) is 4.79 Å². The second-order valence-electron chi connectivity index (χ2n) is 5.63. The van der Waals surface area contributed by atoms with Gasteiger partial charge < -0.3 is 10.4 Å². The summed E-state index contributed by atoms with van der Waals surface area (Å²) >= 11 is 0. The lowest BCUT2D eigenvalue weighted by Gasteiger charge is -2.06. The molecule has 0 heterocycles. The third-order valence-corrected chi connectivity index (χ3v) is 4.44. The van der Waals surface area contributed by atoms with E-state index in [2.05, 4.69) is 5.32 Å². The predicted molar refractivity (Wildman–Crippen MR) is 70.4 cm³/mol. The molecule has 1 aromatic carbocycles. The number of amides is 1. The highest BCUT2D eigenvalue weighted by atomic mass is 16.3. The normalized spacial score (nSPS) is 29.5. The lowest BCUT2D eigenvalue weighted by molar-refractivity contribution is -0.117. The second kappa shape index (κ2) is 4.30. The molecule has 2 saturated carbocycles. The molecule has 3 heteroatoms. The maximum absolute atomic E-state index is 12.1. The van der Waals surface area contributed by atoms with E-state index >= 15 is 0 Å². The molecule has 0 aliphatic heterocycles. The van der Waals surface area contributed by atoms with Crippen molar-refractivity contribution in [2.24, 2.45) is 17.8 Å². The summed E-state index contributed by atoms with van der Waals surface area (Å²) < 4.78 is 0. The minimum Gasteiger partial charge on any atom is -0.508 e. The van der Waals surface area contributed by atoms with E-state index in [1.54, 1.807) is 6.07 Å². The number of rotatable bonds is 2. The van der Waals surface area contributed by atoms with Crippen molar-refractivity contribution < 1.29 is 9.90 Å². The van der Waals surface area contributed by atoms with E-state index in [-0.39, 0.29) is 17.6 Å². The highest BCUT2D eigenvalue weighted by Crippen LogP contribution is 2.55. The molecule has 18 heavy (non-hydrogen) atoms. The van der Waals surface area contributed by atoms with Gasteiger partial charge in [0.05, 0.1) is 0 Å². The van der Waals surface area contributed by atoms with Crippen LogP contribution in [0.25, 0.3) is 0 Å². The largest absolute Gasteiger partial charge is 0.508 e. The number of carbonyl (C=O) groups is 1. The third-order valence-electron chi connectivity index (χ3n) is 4.44. The van der Waals surface area contributed by atoms with Gasteiger partial charge in [0.15, 0.2) is 0 Å². The molecule has 2 N–H and O–H groups in total. The summed E-state index contributed by atoms with van der Waals surface area (Å²) in [6.07, 6.45) is 4.97. The minimum absolute atomic E-state index is 0.134. The van der Waals surface area contributed by atoms with Crippen molar-refractivity contribution in [1.29, 1.82) is 0 Å². The Morgan fingerprint density at radius 2 is 1.94 bits per heavy atom. The van der Waals surface area contributed by atoms with E-state index in [0.29, 0.717) is 17.5 Å². The Morgan fingerprint density at radius 3 is 2.56 bits per heavy atom. The topological polar surface area (TPSA) is 49.3 Å². The number of fused-ring (bicyclic) bond motifs is 1. The van der Waals surface area contributed by atoms with Crippen molar-refractivity contribution in [1.82, 2.24) is 0 Å². The number of carbonyl (C=O) groups excluding carboxylic acids is 1. The van der Waals surface area contributed by atoms with Crippen molar-refractivity contribution in [3.63, 3.8) is 0 Å². The van der Waals surface area contributed by atoms with Gasteiger partial charge in [-0.2, -0.15) is 0 Å². The molecule has 3 rings (SSSR count). The zero-order valence-electron chi connectivity index (χ0n) is 10.6. The van der Waals surface area contributed by atoms with Crippen molar-refractivity contribution in [2.75, 3.05) is 5.32 Å². The maximum Gasteiger partial charge on any atom is 0.228 e. The van der Waals surface area contributed by atoms with Gasteiger partial charge in [-0.25, -0.2) is 0 Å². The Balaban J connectivity index is 1.66. The van der Waals surface area contributed by atoms with Crippen LogP contribution >= 0.6 is 0 Å². The van der Waals surface area contributed by atoms with Gasteiger partial charge in [0, 0.05) is 17.7 Å². The maximum atomic E-state index is 12.1. The Hall–Kier alpha value is -1.51. The van der Waals surface area contributed by atoms with E-state index in [9.17, 15) is 9.90 Å². The lowest BCUT2D eigenvalue weighted by Crippen LogP contribution is -2.15. The highest BCUT2D eigenvalue weighted by Gasteiger charge is 2.54. The number of phenols is 1. The van der Waals surface area contributed by atoms with Gasteiger partial charge in [0.1, 0.15) is 5.75 Å². The fraction of sp³-hybridized carbons (Fsp3) is 0.533. The van der Waals surface area contributed by atoms with Crippen LogP contribution < -0.4 is 5.32 Å². The van der Waals surface area contributed by atoms with E-state index < -0.39 is 0 Å². The molecule has 96 valence electrons. The molecular weight excluding hydrogens is 226 g/mol. The van der Waals surface area contributed by atoms with Crippen LogP contribution in [0.3, 0.4) is 0 Å². The van der Waals surface area contributed by atoms with Gasteiger partial charge in [-0.1, -0.05) is 18.9 Å². The van der Waals surface area contributed by atoms with Crippen LogP contribution in [0.4, 0.5) is 5.69 Å². The summed E-state index contributed by atoms with van der Waals surface area (Å²) in [5.41, 5.74) is 1.53. The summed E-state index contributed by atoms with van der Waals surface area (Å²) in [7, 11) is 0. The number of aromatic hydroxyl groups is 1. The van der Waals surface area contributed by atoms with Crippen molar-refractivity contribution in [3.05, 3.63) is 23.8 Å². The monoisotopic (exact) mass is 245 g/mol. The fourth-order valence-corrected chi connectivity index (χ4v) is 3.29. The molecule has 0 radical (unpaired) electrons. The predicted octanol–water partition coefficient (Wildman–Crippen LogP) is 3.08. The van der Waals surface area contributed by atoms with E-state index in [1.165, 1.54) is 25.7 Å². The highest BCUT2D eigenvalue weighted by molar-refractivity contribution is 5.95. The number of benzene rings is 1. The molecule has 0 bridgehead atoms. The molecule has 2 unspecified atom stereocenters. The summed E-state index contributed by atoms with van der Waals surface area (Å²) in [6, 6.07) is 5.29. The quantitative estimate of drug-likeness (QED) is 0.841. The molecular formula is C15H19NO2. The first-order valence-electron chi connectivity index (χ1n) is 6.77. The molecule has 0 aromatic heterocycles. The molecule has 1 aromatic rings. The SMILES string of the molecule is Cc1ccc(NC(=O)C2C3CCCCC32)cc1O. The average Bonchev–Trinajstić information content (AvgIpc) is 3.08. The number of aryl methyl sites for hydroxylation is 1. The summed E-state index contributed by atoms with van der Waals surface area (Å²) in [6.45, 7) is 1.84.